The lowest BCUT2D eigenvalue weighted by Crippen LogP contribution is -2.10. The van der Waals surface area contributed by atoms with Gasteiger partial charge in [0.2, 0.25) is 0 Å². The summed E-state index contributed by atoms with van der Waals surface area (Å²) in [5.74, 6) is 0.762. The standard InChI is InChI=1S/C14H23N5O2/c1-15-13-12-14(17-9-16-13)19(10-18-12)6-4-2-3-5-11(7-20)8-21/h9-11,20-21H,2-8H2,1H3,(H,15,16,17). The molecule has 0 atom stereocenters. The number of nitrogens with one attached hydrogen (secondary N) is 1. The highest BCUT2D eigenvalue weighted by atomic mass is 16.3. The van der Waals surface area contributed by atoms with Gasteiger partial charge in [0.15, 0.2) is 11.5 Å². The van der Waals surface area contributed by atoms with E-state index in [0.717, 1.165) is 49.2 Å². The number of rotatable bonds is 9. The molecule has 0 aliphatic heterocycles. The van der Waals surface area contributed by atoms with Crippen molar-refractivity contribution in [1.29, 1.82) is 0 Å². The number of aryl methyl sites for hydroxylation is 1. The number of nitrogens with zero attached hydrogens (tertiary/aromatic N) is 4. The van der Waals surface area contributed by atoms with Crippen molar-refractivity contribution in [3.8, 4) is 0 Å². The van der Waals surface area contributed by atoms with Crippen LogP contribution in [0, 0.1) is 5.92 Å². The second kappa shape index (κ2) is 7.90. The number of hydrogen-bond acceptors (Lipinski definition) is 6. The predicted molar refractivity (Wildman–Crippen MR) is 81.0 cm³/mol. The number of aliphatic hydroxyl groups is 2. The van der Waals surface area contributed by atoms with E-state index in [0.29, 0.717) is 0 Å². The molecule has 3 N–H and O–H groups in total. The lowest BCUT2D eigenvalue weighted by Gasteiger charge is -2.10. The van der Waals surface area contributed by atoms with E-state index in [9.17, 15) is 0 Å². The number of anilines is 1. The lowest BCUT2D eigenvalue weighted by atomic mass is 10.0. The minimum absolute atomic E-state index is 0.0185. The van der Waals surface area contributed by atoms with Gasteiger partial charge < -0.3 is 20.1 Å². The number of imidazole rings is 1. The normalized spacial score (nSPS) is 11.4. The fraction of sp³-hybridized carbons (Fsp3) is 0.643. The van der Waals surface area contributed by atoms with E-state index in [2.05, 4.69) is 20.3 Å². The molecule has 7 heteroatoms. The van der Waals surface area contributed by atoms with Gasteiger partial charge in [-0.1, -0.05) is 12.8 Å². The van der Waals surface area contributed by atoms with Gasteiger partial charge in [0.05, 0.1) is 6.33 Å². The Morgan fingerprint density at radius 1 is 1.14 bits per heavy atom. The van der Waals surface area contributed by atoms with Crippen molar-refractivity contribution in [2.45, 2.75) is 32.2 Å². The van der Waals surface area contributed by atoms with Crippen molar-refractivity contribution in [2.75, 3.05) is 25.6 Å². The van der Waals surface area contributed by atoms with E-state index in [4.69, 9.17) is 10.2 Å². The lowest BCUT2D eigenvalue weighted by molar-refractivity contribution is 0.141. The molecule has 0 bridgehead atoms. The Hall–Kier alpha value is -1.73. The molecule has 0 amide bonds. The van der Waals surface area contributed by atoms with Crippen molar-refractivity contribution in [3.63, 3.8) is 0 Å². The number of unbranched alkanes of at least 4 members (excludes halogenated alkanes) is 2. The van der Waals surface area contributed by atoms with Crippen LogP contribution in [-0.2, 0) is 6.54 Å². The smallest absolute Gasteiger partial charge is 0.165 e. The third-order valence-corrected chi connectivity index (χ3v) is 3.67. The fourth-order valence-electron chi connectivity index (χ4n) is 2.36. The molecule has 0 spiro atoms. The summed E-state index contributed by atoms with van der Waals surface area (Å²) in [6, 6.07) is 0. The molecular formula is C14H23N5O2. The Balaban J connectivity index is 1.84. The van der Waals surface area contributed by atoms with E-state index in [1.54, 1.807) is 12.7 Å². The SMILES string of the molecule is CNc1ncnc2c1ncn2CCCCCC(CO)CO. The van der Waals surface area contributed by atoms with Crippen LogP contribution in [0.4, 0.5) is 5.82 Å². The van der Waals surface area contributed by atoms with Gasteiger partial charge in [0.1, 0.15) is 11.8 Å². The highest BCUT2D eigenvalue weighted by molar-refractivity contribution is 5.82. The molecule has 7 nitrogen and oxygen atoms in total. The first-order valence-corrected chi connectivity index (χ1v) is 7.35. The molecule has 0 aliphatic carbocycles. The highest BCUT2D eigenvalue weighted by Crippen LogP contribution is 2.17. The zero-order valence-corrected chi connectivity index (χ0v) is 12.4. The first-order chi connectivity index (χ1) is 10.3. The van der Waals surface area contributed by atoms with E-state index in [1.165, 1.54) is 0 Å². The van der Waals surface area contributed by atoms with Gasteiger partial charge in [-0.25, -0.2) is 15.0 Å². The average molecular weight is 293 g/mol. The van der Waals surface area contributed by atoms with Crippen LogP contribution < -0.4 is 5.32 Å². The van der Waals surface area contributed by atoms with Gasteiger partial charge in [-0.2, -0.15) is 0 Å². The highest BCUT2D eigenvalue weighted by Gasteiger charge is 2.09. The van der Waals surface area contributed by atoms with Gasteiger partial charge in [-0.15, -0.1) is 0 Å². The van der Waals surface area contributed by atoms with Gasteiger partial charge >= 0.3 is 0 Å². The van der Waals surface area contributed by atoms with Crippen LogP contribution in [0.25, 0.3) is 11.2 Å². The molecule has 2 aromatic heterocycles. The molecule has 0 fully saturated rings. The fourth-order valence-corrected chi connectivity index (χ4v) is 2.36. The topological polar surface area (TPSA) is 96.1 Å². The monoisotopic (exact) mass is 293 g/mol. The maximum Gasteiger partial charge on any atom is 0.165 e. The van der Waals surface area contributed by atoms with Crippen molar-refractivity contribution in [1.82, 2.24) is 19.5 Å². The number of hydrogen-bond donors (Lipinski definition) is 3. The Morgan fingerprint density at radius 2 is 1.95 bits per heavy atom. The van der Waals surface area contributed by atoms with Gasteiger partial charge in [0.25, 0.3) is 0 Å². The minimum atomic E-state index is 0.0185. The molecule has 116 valence electrons. The molecule has 0 unspecified atom stereocenters. The molecular weight excluding hydrogens is 270 g/mol. The Kier molecular flexibility index (Phi) is 5.89. The summed E-state index contributed by atoms with van der Waals surface area (Å²) >= 11 is 0. The molecule has 2 rings (SSSR count). The zero-order chi connectivity index (χ0) is 15.1. The molecule has 2 aromatic rings. The van der Waals surface area contributed by atoms with Crippen molar-refractivity contribution < 1.29 is 10.2 Å². The molecule has 0 saturated carbocycles. The summed E-state index contributed by atoms with van der Waals surface area (Å²) in [5, 5.41) is 21.0. The molecule has 0 aliphatic rings. The Morgan fingerprint density at radius 3 is 2.67 bits per heavy atom. The van der Waals surface area contributed by atoms with Crippen LogP contribution >= 0.6 is 0 Å². The predicted octanol–water partition coefficient (Wildman–Crippen LogP) is 1.03. The summed E-state index contributed by atoms with van der Waals surface area (Å²) in [7, 11) is 1.82. The zero-order valence-electron chi connectivity index (χ0n) is 12.4. The van der Waals surface area contributed by atoms with Crippen LogP contribution in [0.2, 0.25) is 0 Å². The van der Waals surface area contributed by atoms with E-state index in [-0.39, 0.29) is 19.1 Å². The van der Waals surface area contributed by atoms with Gasteiger partial charge in [-0.05, 0) is 12.8 Å². The molecule has 0 saturated heterocycles. The third-order valence-electron chi connectivity index (χ3n) is 3.67. The van der Waals surface area contributed by atoms with Crippen LogP contribution in [0.5, 0.6) is 0 Å². The molecule has 0 aromatic carbocycles. The summed E-state index contributed by atoms with van der Waals surface area (Å²) < 4.78 is 2.04. The number of aromatic nitrogens is 4. The third kappa shape index (κ3) is 3.89. The second-order valence-corrected chi connectivity index (χ2v) is 5.16. The number of fused-ring (bicyclic) bond motifs is 1. The van der Waals surface area contributed by atoms with Crippen LogP contribution in [0.1, 0.15) is 25.7 Å². The summed E-state index contributed by atoms with van der Waals surface area (Å²) in [4.78, 5) is 12.8. The summed E-state index contributed by atoms with van der Waals surface area (Å²) in [5.41, 5.74) is 1.64. The molecule has 21 heavy (non-hydrogen) atoms. The van der Waals surface area contributed by atoms with Crippen molar-refractivity contribution in [3.05, 3.63) is 12.7 Å². The van der Waals surface area contributed by atoms with Crippen molar-refractivity contribution >= 4 is 17.0 Å². The van der Waals surface area contributed by atoms with Gasteiger partial charge in [0, 0.05) is 32.7 Å². The van der Waals surface area contributed by atoms with E-state index < -0.39 is 0 Å². The Bertz CT molecular complexity index is 553. The largest absolute Gasteiger partial charge is 0.396 e. The Labute approximate surface area is 124 Å². The first kappa shape index (κ1) is 15.7. The van der Waals surface area contributed by atoms with Crippen LogP contribution in [0.3, 0.4) is 0 Å². The number of aliphatic hydroxyl groups excluding tert-OH is 2. The maximum absolute atomic E-state index is 9.01. The minimum Gasteiger partial charge on any atom is -0.396 e. The molecule has 0 radical (unpaired) electrons. The van der Waals surface area contributed by atoms with Crippen LogP contribution in [0.15, 0.2) is 12.7 Å². The molecule has 2 heterocycles. The average Bonchev–Trinajstić information content (AvgIpc) is 2.94. The first-order valence-electron chi connectivity index (χ1n) is 7.35. The van der Waals surface area contributed by atoms with E-state index in [1.807, 2.05) is 11.6 Å². The summed E-state index contributed by atoms with van der Waals surface area (Å²) in [6.45, 7) is 0.984. The van der Waals surface area contributed by atoms with E-state index >= 15 is 0 Å². The second-order valence-electron chi connectivity index (χ2n) is 5.16. The van der Waals surface area contributed by atoms with Gasteiger partial charge in [-0.3, -0.25) is 0 Å². The summed E-state index contributed by atoms with van der Waals surface area (Å²) in [6.07, 6.45) is 7.29. The quantitative estimate of drug-likeness (QED) is 0.598. The maximum atomic E-state index is 9.01. The van der Waals surface area contributed by atoms with Crippen LogP contribution in [-0.4, -0.2) is 50.0 Å². The van der Waals surface area contributed by atoms with Crippen molar-refractivity contribution in [2.24, 2.45) is 5.92 Å².